The number of Topliss-reactive ketones (excluding diaryl/α,β-unsaturated/α-hetero) is 1. The van der Waals surface area contributed by atoms with Gasteiger partial charge in [-0.25, -0.2) is 33.1 Å². The Morgan fingerprint density at radius 1 is 0.871 bits per heavy atom. The first-order chi connectivity index (χ1) is 47.3. The van der Waals surface area contributed by atoms with E-state index in [0.29, 0.717) is 31.8 Å². The maximum atomic E-state index is 13.6. The largest absolute Gasteiger partial charge is 0.490 e. The number of anilines is 2. The van der Waals surface area contributed by atoms with Gasteiger partial charge < -0.3 is 79.0 Å². The number of nitrogens with two attached hydrogens (primary N) is 2. The molecular weight excluding hydrogens is 1520 g/mol. The Hall–Kier alpha value is -5.65. The summed E-state index contributed by atoms with van der Waals surface area (Å²) >= 11 is 5.17. The number of unbranched alkanes of at least 4 members (excludes halogenated alkanes) is 1. The number of aromatic carboxylic acids is 1. The van der Waals surface area contributed by atoms with Crippen LogP contribution in [0.1, 0.15) is 97.7 Å². The number of esters is 1. The quantitative estimate of drug-likeness (QED) is 0.00254. The fourth-order valence-corrected chi connectivity index (χ4v) is 16.8. The highest BCUT2D eigenvalue weighted by Gasteiger charge is 2.44. The first-order valence-electron chi connectivity index (χ1n) is 29.8. The van der Waals surface area contributed by atoms with Crippen LogP contribution in [0, 0.1) is 11.8 Å². The van der Waals surface area contributed by atoms with Crippen LogP contribution in [0.5, 0.6) is 0 Å². The Morgan fingerprint density at radius 3 is 2.24 bits per heavy atom. The standard InChI is InChI=1S/C56H73N6O30P3S6/c1-56(2,98-97-32-84-21-7-8-23-85-46(64)12-6-5-10-35-30-62(54(67)61-52(35)58)45-29-43(87-33-99(4)96)44(89-45)31-88-94(72,73)92-95(74,75)91-93(69,70)71)19-24-86-55(68)60-20-25-83-27-26-82-22-9-11-42(63)34-13-14-36(53(65)66)39(28-34)47-37-15-17-40(57)50(100(76,77)78)48(37)90-49-38(47)16-18-41(59-3)51(49)101(79,80)81/h13-18,28,30,43-45H,6-9,11-12,19-27,29,31-33,57H2,1-4H3,(H,60,68)(H,65,66)(H,72,73)(H,74,75)(H2,58,61,67)(H2,69,70,71)(H,76,77,78)(H,79,80,81)/p+1/t43-,44+,45+,99?/m0/s1. The summed E-state index contributed by atoms with van der Waals surface area (Å²) in [4.78, 5) is 106. The summed E-state index contributed by atoms with van der Waals surface area (Å²) in [5.41, 5.74) is 9.17. The second-order valence-electron chi connectivity index (χ2n) is 22.1. The minimum atomic E-state index is -5.80. The van der Waals surface area contributed by atoms with E-state index in [1.54, 1.807) is 17.0 Å². The number of ketones is 1. The van der Waals surface area contributed by atoms with E-state index in [4.69, 9.17) is 74.5 Å². The molecule has 3 aliphatic rings. The number of carboxylic acids is 1. The van der Waals surface area contributed by atoms with Gasteiger partial charge in [-0.1, -0.05) is 48.9 Å². The number of fused-ring (bicyclic) bond motifs is 2. The van der Waals surface area contributed by atoms with E-state index in [2.05, 4.69) is 35.8 Å². The summed E-state index contributed by atoms with van der Waals surface area (Å²) in [6, 6.07) is 8.64. The molecule has 3 aromatic rings. The van der Waals surface area contributed by atoms with Gasteiger partial charge >= 0.3 is 57.3 Å². The van der Waals surface area contributed by atoms with Gasteiger partial charge in [-0.15, -0.1) is 0 Å². The van der Waals surface area contributed by atoms with E-state index in [1.165, 1.54) is 54.4 Å². The van der Waals surface area contributed by atoms with Crippen molar-refractivity contribution in [2.75, 3.05) is 96.0 Å². The van der Waals surface area contributed by atoms with Crippen LogP contribution < -0.4 is 32.8 Å². The van der Waals surface area contributed by atoms with Crippen molar-refractivity contribution in [3.63, 3.8) is 0 Å². The lowest BCUT2D eigenvalue weighted by atomic mass is 9.88. The van der Waals surface area contributed by atoms with Gasteiger partial charge in [-0.3, -0.25) is 27.8 Å². The molecule has 0 radical (unpaired) electrons. The number of ether oxygens (including phenoxy) is 7. The van der Waals surface area contributed by atoms with Crippen molar-refractivity contribution in [1.82, 2.24) is 14.9 Å². The number of nitrogens with zero attached hydrogens (tertiary/aromatic N) is 2. The fraction of sp³-hybridized carbons (Fsp3) is 0.482. The predicted octanol–water partition coefficient (Wildman–Crippen LogP) is 3.81. The van der Waals surface area contributed by atoms with Crippen LogP contribution in [-0.2, 0) is 106 Å². The molecule has 0 spiro atoms. The molecule has 36 nitrogen and oxygen atoms in total. The number of carbonyl (C=O) groups is 4. The van der Waals surface area contributed by atoms with Crippen LogP contribution in [0.15, 0.2) is 67.7 Å². The Kier molecular flexibility index (Phi) is 31.6. The van der Waals surface area contributed by atoms with E-state index in [0.717, 1.165) is 16.7 Å². The highest BCUT2D eigenvalue weighted by atomic mass is 33.1. The molecule has 3 unspecified atom stereocenters. The van der Waals surface area contributed by atoms with E-state index >= 15 is 0 Å². The number of nitrogens with one attached hydrogen (secondary N) is 2. The third-order valence-corrected chi connectivity index (χ3v) is 23.4. The number of hydrogen-bond acceptors (Lipinski definition) is 29. The van der Waals surface area contributed by atoms with E-state index < -0.39 is 135 Å². The maximum Gasteiger partial charge on any atom is 0.490 e. The number of alkyl carbamates (subject to hydrolysis) is 1. The van der Waals surface area contributed by atoms with Gasteiger partial charge in [0.1, 0.15) is 31.1 Å². The lowest BCUT2D eigenvalue weighted by Gasteiger charge is -2.22. The highest BCUT2D eigenvalue weighted by molar-refractivity contribution is 8.77. The topological polar surface area (TPSA) is 548 Å². The van der Waals surface area contributed by atoms with Crippen molar-refractivity contribution in [1.29, 1.82) is 0 Å². The molecule has 0 bridgehead atoms. The van der Waals surface area contributed by atoms with E-state index in [9.17, 15) is 78.5 Å². The van der Waals surface area contributed by atoms with Gasteiger partial charge in [0.15, 0.2) is 22.0 Å². The molecule has 6 atom stereocenters. The molecule has 2 aromatic carbocycles. The number of carboxylic acid groups (broad SMARTS) is 1. The molecule has 101 heavy (non-hydrogen) atoms. The number of amides is 1. The molecule has 2 aliphatic heterocycles. The summed E-state index contributed by atoms with van der Waals surface area (Å²) < 4.78 is 164. The van der Waals surface area contributed by atoms with Crippen molar-refractivity contribution in [2.24, 2.45) is 0 Å². The molecule has 1 saturated heterocycles. The van der Waals surface area contributed by atoms with Crippen molar-refractivity contribution < 1.29 is 139 Å². The van der Waals surface area contributed by atoms with Gasteiger partial charge in [0.05, 0.1) is 74.9 Å². The third-order valence-electron chi connectivity index (χ3n) is 13.9. The zero-order chi connectivity index (χ0) is 74.7. The Balaban J connectivity index is 0.817. The molecule has 1 aliphatic carbocycles. The minimum Gasteiger partial charge on any atom is -0.478 e. The minimum absolute atomic E-state index is 0.0136. The van der Waals surface area contributed by atoms with Crippen LogP contribution in [0.3, 0.4) is 0 Å². The van der Waals surface area contributed by atoms with Gasteiger partial charge in [-0.05, 0) is 92.9 Å². The molecule has 1 amide bonds. The summed E-state index contributed by atoms with van der Waals surface area (Å²) in [6.45, 7) is 4.50. The first kappa shape index (κ1) is 84.3. The molecule has 45 heteroatoms. The number of phosphoric acid groups is 3. The number of nitrogen functional groups attached to an aromatic ring is 2. The molecule has 558 valence electrons. The SMILES string of the molecule is C[NH+]=c1ccc2c(-c3cc(C(=O)CCCOCCOCCNC(=O)OCCC(C)(C)SSCOCCCCOC(=O)CCC#Cc4cn([C@H]5C[C@H](OCS(C)=S)[C@@H](COP(=O)(O)OP(=O)(O)OP(=O)(O)O)O5)c(=O)nc4N)ccc3C(=O)O)c3ccc(N)c(S(=O)(=O)O)c3oc-2c1S(=O)(=O)O. The Morgan fingerprint density at radius 2 is 1.56 bits per heavy atom. The summed E-state index contributed by atoms with van der Waals surface area (Å²) in [6.07, 6.45) is 0.660. The zero-order valence-electron chi connectivity index (χ0n) is 54.1. The summed E-state index contributed by atoms with van der Waals surface area (Å²) in [5.74, 6) is 2.62. The van der Waals surface area contributed by atoms with E-state index in [-0.39, 0.29) is 139 Å². The van der Waals surface area contributed by atoms with Crippen LogP contribution in [0.2, 0.25) is 0 Å². The molecule has 3 heterocycles. The number of benzene rings is 3. The van der Waals surface area contributed by atoms with Crippen LogP contribution in [-0.4, -0.2) is 186 Å². The molecule has 1 fully saturated rings. The van der Waals surface area contributed by atoms with Crippen molar-refractivity contribution in [3.8, 4) is 34.3 Å². The van der Waals surface area contributed by atoms with Crippen molar-refractivity contribution in [3.05, 3.63) is 81.2 Å². The summed E-state index contributed by atoms with van der Waals surface area (Å²) in [7, 11) is -23.6. The normalized spacial score (nSPS) is 16.9. The molecule has 13 N–H and O–H groups in total. The van der Waals surface area contributed by atoms with Gasteiger partial charge in [0.25, 0.3) is 10.1 Å². The zero-order valence-corrected chi connectivity index (χ0v) is 61.7. The van der Waals surface area contributed by atoms with Gasteiger partial charge in [0, 0.05) is 78.1 Å². The molecule has 1 aromatic heterocycles. The van der Waals surface area contributed by atoms with E-state index in [1.807, 2.05) is 13.8 Å². The monoisotopic (exact) mass is 1600 g/mol. The van der Waals surface area contributed by atoms with Crippen LogP contribution in [0.4, 0.5) is 16.3 Å². The molecule has 0 saturated carbocycles. The summed E-state index contributed by atoms with van der Waals surface area (Å²) in [5, 5.41) is 12.6. The van der Waals surface area contributed by atoms with Crippen LogP contribution in [0.25, 0.3) is 33.4 Å². The Labute approximate surface area is 592 Å². The highest BCUT2D eigenvalue weighted by Crippen LogP contribution is 2.66. The smallest absolute Gasteiger partial charge is 0.478 e. The number of hydrogen-bond donors (Lipinski definition) is 11. The first-order valence-corrected chi connectivity index (χ1v) is 42.3. The second-order valence-corrected chi connectivity index (χ2v) is 35.3. The number of phosphoric ester groups is 1. The van der Waals surface area contributed by atoms with Gasteiger partial charge in [-0.2, -0.15) is 30.4 Å². The average Bonchev–Trinajstić information content (AvgIpc) is 1.02. The third kappa shape index (κ3) is 26.5. The molecule has 6 rings (SSSR count). The van der Waals surface area contributed by atoms with Gasteiger partial charge in [0.2, 0.25) is 10.3 Å². The number of aromatic nitrogens is 2. The lowest BCUT2D eigenvalue weighted by Crippen LogP contribution is -2.72. The average molecular weight is 1600 g/mol. The molecular formula is C56H74N6O30P3S6+. The van der Waals surface area contributed by atoms with Crippen molar-refractivity contribution in [2.45, 2.75) is 98.2 Å². The Bertz CT molecular complexity index is 4410. The predicted molar refractivity (Wildman–Crippen MR) is 366 cm³/mol. The fourth-order valence-electron chi connectivity index (χ4n) is 9.41. The number of rotatable bonds is 40. The van der Waals surface area contributed by atoms with Crippen molar-refractivity contribution >= 4 is 132 Å². The number of carbonyl (C=O) groups excluding carboxylic acids is 3. The second kappa shape index (κ2) is 37.9. The lowest BCUT2D eigenvalue weighted by molar-refractivity contribution is -0.467. The van der Waals surface area contributed by atoms with Crippen LogP contribution >= 0.6 is 45.1 Å². The maximum absolute atomic E-state index is 13.6.